The van der Waals surface area contributed by atoms with Crippen LogP contribution in [0.4, 0.5) is 0 Å². The van der Waals surface area contributed by atoms with Crippen LogP contribution in [-0.4, -0.2) is 5.11 Å². The van der Waals surface area contributed by atoms with Gasteiger partial charge in [0.25, 0.3) is 0 Å². The minimum absolute atomic E-state index is 0.575. The molecule has 2 atom stereocenters. The van der Waals surface area contributed by atoms with Gasteiger partial charge in [0.05, 0.1) is 5.60 Å². The van der Waals surface area contributed by atoms with Gasteiger partial charge in [0, 0.05) is 0 Å². The summed E-state index contributed by atoms with van der Waals surface area (Å²) >= 11 is 0. The van der Waals surface area contributed by atoms with Gasteiger partial charge in [0.15, 0.2) is 0 Å². The summed E-state index contributed by atoms with van der Waals surface area (Å²) in [6.07, 6.45) is 4.23. The van der Waals surface area contributed by atoms with E-state index in [-0.39, 0.29) is 0 Å². The summed E-state index contributed by atoms with van der Waals surface area (Å²) < 4.78 is 0. The Bertz CT molecular complexity index is 363. The molecule has 2 rings (SSSR count). The van der Waals surface area contributed by atoms with Gasteiger partial charge >= 0.3 is 0 Å². The summed E-state index contributed by atoms with van der Waals surface area (Å²) in [4.78, 5) is 0. The predicted molar refractivity (Wildman–Crippen MR) is 67.4 cm³/mol. The van der Waals surface area contributed by atoms with Crippen LogP contribution in [0.5, 0.6) is 0 Å². The number of hydrogen-bond acceptors (Lipinski definition) is 1. The first-order chi connectivity index (χ1) is 7.49. The lowest BCUT2D eigenvalue weighted by Crippen LogP contribution is -2.32. The Kier molecular flexibility index (Phi) is 3.07. The van der Waals surface area contributed by atoms with Crippen LogP contribution in [0.1, 0.15) is 49.3 Å². The zero-order valence-corrected chi connectivity index (χ0v) is 10.6. The standard InChI is InChI=1S/C15H22O/c1-11-5-4-6-15(16,10-11)14-8-12(2)7-13(3)9-14/h7-9,11,16H,4-6,10H2,1-3H3. The second-order valence-electron chi connectivity index (χ2n) is 5.61. The van der Waals surface area contributed by atoms with Gasteiger partial charge in [-0.2, -0.15) is 0 Å². The maximum absolute atomic E-state index is 10.8. The molecule has 0 aliphatic heterocycles. The highest BCUT2D eigenvalue weighted by atomic mass is 16.3. The molecule has 16 heavy (non-hydrogen) atoms. The van der Waals surface area contributed by atoms with Crippen LogP contribution in [0, 0.1) is 19.8 Å². The minimum Gasteiger partial charge on any atom is -0.385 e. The van der Waals surface area contributed by atoms with Crippen LogP contribution >= 0.6 is 0 Å². The van der Waals surface area contributed by atoms with Crippen molar-refractivity contribution in [3.8, 4) is 0 Å². The Morgan fingerprint density at radius 2 is 1.81 bits per heavy atom. The van der Waals surface area contributed by atoms with Crippen LogP contribution in [0.2, 0.25) is 0 Å². The molecule has 1 N–H and O–H groups in total. The molecule has 88 valence electrons. The van der Waals surface area contributed by atoms with Gasteiger partial charge in [0.1, 0.15) is 0 Å². The highest BCUT2D eigenvalue weighted by Crippen LogP contribution is 2.40. The molecule has 0 saturated heterocycles. The van der Waals surface area contributed by atoms with E-state index in [4.69, 9.17) is 0 Å². The van der Waals surface area contributed by atoms with Gasteiger partial charge in [-0.05, 0) is 44.6 Å². The number of benzene rings is 1. The van der Waals surface area contributed by atoms with Crippen LogP contribution in [0.15, 0.2) is 18.2 Å². The number of aryl methyl sites for hydroxylation is 2. The third-order valence-electron chi connectivity index (χ3n) is 3.73. The Labute approximate surface area is 98.5 Å². The van der Waals surface area contributed by atoms with Gasteiger partial charge in [-0.3, -0.25) is 0 Å². The molecule has 1 aliphatic carbocycles. The summed E-state index contributed by atoms with van der Waals surface area (Å²) in [6.45, 7) is 6.45. The maximum atomic E-state index is 10.8. The molecule has 2 unspecified atom stereocenters. The average molecular weight is 218 g/mol. The topological polar surface area (TPSA) is 20.2 Å². The molecule has 0 aromatic heterocycles. The molecule has 1 heteroatoms. The lowest BCUT2D eigenvalue weighted by molar-refractivity contribution is -0.0179. The summed E-state index contributed by atoms with van der Waals surface area (Å²) in [5, 5.41) is 10.8. The predicted octanol–water partition coefficient (Wildman–Crippen LogP) is 3.70. The number of hydrogen-bond donors (Lipinski definition) is 1. The van der Waals surface area contributed by atoms with Crippen LogP contribution < -0.4 is 0 Å². The quantitative estimate of drug-likeness (QED) is 0.762. The smallest absolute Gasteiger partial charge is 0.0899 e. The Balaban J connectivity index is 2.34. The van der Waals surface area contributed by atoms with E-state index in [1.165, 1.54) is 17.5 Å². The van der Waals surface area contributed by atoms with E-state index in [9.17, 15) is 5.11 Å². The van der Waals surface area contributed by atoms with Gasteiger partial charge in [-0.1, -0.05) is 42.7 Å². The monoisotopic (exact) mass is 218 g/mol. The van der Waals surface area contributed by atoms with Gasteiger partial charge in [-0.25, -0.2) is 0 Å². The van der Waals surface area contributed by atoms with Crippen molar-refractivity contribution in [1.29, 1.82) is 0 Å². The molecule has 1 nitrogen and oxygen atoms in total. The Hall–Kier alpha value is -0.820. The second-order valence-corrected chi connectivity index (χ2v) is 5.61. The normalized spacial score (nSPS) is 30.4. The minimum atomic E-state index is -0.575. The number of aliphatic hydroxyl groups is 1. The summed E-state index contributed by atoms with van der Waals surface area (Å²) in [5.41, 5.74) is 3.05. The van der Waals surface area contributed by atoms with E-state index in [1.54, 1.807) is 0 Å². The molecule has 0 bridgehead atoms. The molecule has 0 radical (unpaired) electrons. The lowest BCUT2D eigenvalue weighted by atomic mass is 9.74. The van der Waals surface area contributed by atoms with E-state index in [2.05, 4.69) is 39.0 Å². The van der Waals surface area contributed by atoms with Crippen molar-refractivity contribution < 1.29 is 5.11 Å². The molecular formula is C15H22O. The van der Waals surface area contributed by atoms with Crippen molar-refractivity contribution in [2.45, 2.75) is 52.1 Å². The summed E-state index contributed by atoms with van der Waals surface area (Å²) in [6, 6.07) is 6.45. The van der Waals surface area contributed by atoms with E-state index in [1.807, 2.05) is 0 Å². The van der Waals surface area contributed by atoms with Crippen molar-refractivity contribution in [3.63, 3.8) is 0 Å². The molecule has 0 spiro atoms. The molecule has 0 heterocycles. The third-order valence-corrected chi connectivity index (χ3v) is 3.73. The van der Waals surface area contributed by atoms with Crippen LogP contribution in [0.3, 0.4) is 0 Å². The van der Waals surface area contributed by atoms with Gasteiger partial charge in [0.2, 0.25) is 0 Å². The van der Waals surface area contributed by atoms with Crippen molar-refractivity contribution in [2.75, 3.05) is 0 Å². The zero-order chi connectivity index (χ0) is 11.8. The molecular weight excluding hydrogens is 196 g/mol. The molecule has 1 fully saturated rings. The second kappa shape index (κ2) is 4.21. The zero-order valence-electron chi connectivity index (χ0n) is 10.6. The molecule has 1 saturated carbocycles. The van der Waals surface area contributed by atoms with Crippen LogP contribution in [0.25, 0.3) is 0 Å². The fourth-order valence-electron chi connectivity index (χ4n) is 3.03. The van der Waals surface area contributed by atoms with E-state index >= 15 is 0 Å². The SMILES string of the molecule is Cc1cc(C)cc(C2(O)CCCC(C)C2)c1. The fourth-order valence-corrected chi connectivity index (χ4v) is 3.03. The van der Waals surface area contributed by atoms with E-state index in [0.717, 1.165) is 24.8 Å². The van der Waals surface area contributed by atoms with Crippen molar-refractivity contribution in [2.24, 2.45) is 5.92 Å². The summed E-state index contributed by atoms with van der Waals surface area (Å²) in [5.74, 6) is 0.638. The molecule has 0 amide bonds. The van der Waals surface area contributed by atoms with Crippen molar-refractivity contribution in [1.82, 2.24) is 0 Å². The largest absolute Gasteiger partial charge is 0.385 e. The lowest BCUT2D eigenvalue weighted by Gasteiger charge is -2.36. The highest BCUT2D eigenvalue weighted by molar-refractivity contribution is 5.32. The fraction of sp³-hybridized carbons (Fsp3) is 0.600. The number of rotatable bonds is 1. The van der Waals surface area contributed by atoms with Crippen molar-refractivity contribution in [3.05, 3.63) is 34.9 Å². The first kappa shape index (κ1) is 11.7. The first-order valence-electron chi connectivity index (χ1n) is 6.31. The highest BCUT2D eigenvalue weighted by Gasteiger charge is 2.34. The van der Waals surface area contributed by atoms with Crippen LogP contribution in [-0.2, 0) is 5.60 Å². The molecule has 1 aromatic carbocycles. The van der Waals surface area contributed by atoms with Crippen molar-refractivity contribution >= 4 is 0 Å². The maximum Gasteiger partial charge on any atom is 0.0899 e. The van der Waals surface area contributed by atoms with E-state index < -0.39 is 5.60 Å². The molecule has 1 aromatic rings. The van der Waals surface area contributed by atoms with E-state index in [0.29, 0.717) is 5.92 Å². The third kappa shape index (κ3) is 2.30. The molecule has 1 aliphatic rings. The first-order valence-corrected chi connectivity index (χ1v) is 6.31. The Morgan fingerprint density at radius 1 is 1.19 bits per heavy atom. The summed E-state index contributed by atoms with van der Waals surface area (Å²) in [7, 11) is 0. The van der Waals surface area contributed by atoms with Gasteiger partial charge in [-0.15, -0.1) is 0 Å². The van der Waals surface area contributed by atoms with Gasteiger partial charge < -0.3 is 5.11 Å². The Morgan fingerprint density at radius 3 is 2.38 bits per heavy atom. The average Bonchev–Trinajstić information content (AvgIpc) is 2.15.